The van der Waals surface area contributed by atoms with Gasteiger partial charge in [0.2, 0.25) is 6.71 Å². The highest BCUT2D eigenvalue weighted by Crippen LogP contribution is 2.22. The molecule has 0 fully saturated rings. The highest BCUT2D eigenvalue weighted by Gasteiger charge is 2.27. The van der Waals surface area contributed by atoms with Gasteiger partial charge in [0, 0.05) is 4.47 Å². The van der Waals surface area contributed by atoms with Crippen LogP contribution in [-0.2, 0) is 0 Å². The largest absolute Gasteiger partial charge is 0.242 e. The van der Waals surface area contributed by atoms with Crippen molar-refractivity contribution in [2.45, 2.75) is 27.7 Å². The average molecular weight is 453 g/mol. The molecule has 2 heteroatoms. The maximum atomic E-state index is 3.62. The van der Waals surface area contributed by atoms with E-state index in [1.807, 2.05) is 0 Å². The smallest absolute Gasteiger partial charge is 0.0680 e. The van der Waals surface area contributed by atoms with Crippen molar-refractivity contribution in [3.8, 4) is 11.1 Å². The highest BCUT2D eigenvalue weighted by atomic mass is 79.9. The summed E-state index contributed by atoms with van der Waals surface area (Å²) in [5.74, 6) is 0. The van der Waals surface area contributed by atoms with Crippen LogP contribution in [0.5, 0.6) is 0 Å². The van der Waals surface area contributed by atoms with Crippen LogP contribution in [0.3, 0.4) is 0 Å². The molecule has 0 aliphatic rings. The van der Waals surface area contributed by atoms with E-state index in [4.69, 9.17) is 0 Å². The molecule has 4 rings (SSSR count). The Balaban J connectivity index is 1.97. The van der Waals surface area contributed by atoms with Crippen molar-refractivity contribution < 1.29 is 0 Å². The molecule has 0 saturated carbocycles. The van der Waals surface area contributed by atoms with E-state index in [2.05, 4.69) is 129 Å². The van der Waals surface area contributed by atoms with E-state index >= 15 is 0 Å². The van der Waals surface area contributed by atoms with Crippen LogP contribution in [0.2, 0.25) is 0 Å². The predicted octanol–water partition coefficient (Wildman–Crippen LogP) is 5.87. The third-order valence-corrected chi connectivity index (χ3v) is 6.53. The van der Waals surface area contributed by atoms with E-state index in [0.29, 0.717) is 0 Å². The van der Waals surface area contributed by atoms with Gasteiger partial charge in [-0.1, -0.05) is 127 Å². The SMILES string of the molecule is Cc1cccc(C)c1B(c1cccc(-c2cccc(Br)c2)c1)c1c(C)cccc1C. The van der Waals surface area contributed by atoms with Crippen LogP contribution in [0, 0.1) is 27.7 Å². The summed E-state index contributed by atoms with van der Waals surface area (Å²) in [7, 11) is 0. The lowest BCUT2D eigenvalue weighted by Crippen LogP contribution is -2.55. The fourth-order valence-electron chi connectivity index (χ4n) is 4.61. The molecule has 0 nitrogen and oxygen atoms in total. The Bertz CT molecular complexity index is 1120. The van der Waals surface area contributed by atoms with Gasteiger partial charge in [-0.05, 0) is 51.0 Å². The first-order valence-electron chi connectivity index (χ1n) is 10.4. The van der Waals surface area contributed by atoms with Crippen LogP contribution in [-0.4, -0.2) is 6.71 Å². The minimum absolute atomic E-state index is 0.208. The predicted molar refractivity (Wildman–Crippen MR) is 136 cm³/mol. The lowest BCUT2D eigenvalue weighted by molar-refractivity contribution is 1.41. The standard InChI is InChI=1S/C28H26BBr/c1-19-9-5-10-20(2)27(19)29(28-21(3)11-6-12-22(28)4)25-15-7-13-23(17-25)24-14-8-16-26(30)18-24/h5-18H,1-4H3. The number of halogens is 1. The summed E-state index contributed by atoms with van der Waals surface area (Å²) in [5, 5.41) is 0. The first kappa shape index (κ1) is 20.7. The zero-order valence-corrected chi connectivity index (χ0v) is 19.6. The Morgan fingerprint density at radius 1 is 0.533 bits per heavy atom. The molecule has 4 aromatic rings. The summed E-state index contributed by atoms with van der Waals surface area (Å²) in [6.45, 7) is 9.16. The minimum atomic E-state index is 0.208. The molecule has 0 amide bonds. The zero-order chi connectivity index (χ0) is 21.3. The molecule has 0 aliphatic heterocycles. The maximum Gasteiger partial charge on any atom is 0.242 e. The van der Waals surface area contributed by atoms with Gasteiger partial charge in [0.15, 0.2) is 0 Å². The second kappa shape index (κ2) is 8.66. The van der Waals surface area contributed by atoms with Crippen molar-refractivity contribution in [2.75, 3.05) is 0 Å². The Hall–Kier alpha value is -2.58. The van der Waals surface area contributed by atoms with Crippen LogP contribution in [0.4, 0.5) is 0 Å². The number of benzene rings is 4. The zero-order valence-electron chi connectivity index (χ0n) is 18.0. The fourth-order valence-corrected chi connectivity index (χ4v) is 5.01. The Labute approximate surface area is 189 Å². The summed E-state index contributed by atoms with van der Waals surface area (Å²) >= 11 is 3.62. The molecule has 0 aromatic heterocycles. The molecule has 0 spiro atoms. The van der Waals surface area contributed by atoms with E-state index in [1.54, 1.807) is 0 Å². The lowest BCUT2D eigenvalue weighted by atomic mass is 9.34. The second-order valence-electron chi connectivity index (χ2n) is 8.18. The second-order valence-corrected chi connectivity index (χ2v) is 9.10. The molecule has 0 aliphatic carbocycles. The van der Waals surface area contributed by atoms with Gasteiger partial charge in [-0.3, -0.25) is 0 Å². The van der Waals surface area contributed by atoms with Crippen LogP contribution >= 0.6 is 15.9 Å². The number of aryl methyl sites for hydroxylation is 4. The summed E-state index contributed by atoms with van der Waals surface area (Å²) in [6.07, 6.45) is 0. The summed E-state index contributed by atoms with van der Waals surface area (Å²) in [4.78, 5) is 0. The van der Waals surface area contributed by atoms with Gasteiger partial charge in [-0.2, -0.15) is 0 Å². The molecule has 30 heavy (non-hydrogen) atoms. The molecule has 0 radical (unpaired) electrons. The lowest BCUT2D eigenvalue weighted by Gasteiger charge is -2.24. The molecule has 0 unspecified atom stereocenters. The summed E-state index contributed by atoms with van der Waals surface area (Å²) in [5.41, 5.74) is 12.0. The third-order valence-electron chi connectivity index (χ3n) is 6.04. The molecule has 4 aromatic carbocycles. The van der Waals surface area contributed by atoms with Crippen molar-refractivity contribution in [1.82, 2.24) is 0 Å². The van der Waals surface area contributed by atoms with Crippen LogP contribution < -0.4 is 16.4 Å². The van der Waals surface area contributed by atoms with E-state index in [1.165, 1.54) is 49.8 Å². The van der Waals surface area contributed by atoms with Gasteiger partial charge in [0.05, 0.1) is 0 Å². The summed E-state index contributed by atoms with van der Waals surface area (Å²) < 4.78 is 1.10. The molecular weight excluding hydrogens is 427 g/mol. The van der Waals surface area contributed by atoms with Crippen molar-refractivity contribution in [2.24, 2.45) is 0 Å². The van der Waals surface area contributed by atoms with Crippen LogP contribution in [0.15, 0.2) is 89.4 Å². The minimum Gasteiger partial charge on any atom is -0.0680 e. The van der Waals surface area contributed by atoms with Gasteiger partial charge in [0.25, 0.3) is 0 Å². The molecule has 0 bridgehead atoms. The number of rotatable bonds is 4. The van der Waals surface area contributed by atoms with E-state index in [0.717, 1.165) is 4.47 Å². The average Bonchev–Trinajstić information content (AvgIpc) is 2.72. The number of hydrogen-bond acceptors (Lipinski definition) is 0. The van der Waals surface area contributed by atoms with Crippen molar-refractivity contribution in [1.29, 1.82) is 0 Å². The molecule has 148 valence electrons. The van der Waals surface area contributed by atoms with Crippen molar-refractivity contribution in [3.63, 3.8) is 0 Å². The van der Waals surface area contributed by atoms with Crippen molar-refractivity contribution in [3.05, 3.63) is 112 Å². The van der Waals surface area contributed by atoms with Crippen LogP contribution in [0.1, 0.15) is 22.3 Å². The molecule has 0 heterocycles. The third kappa shape index (κ3) is 4.02. The van der Waals surface area contributed by atoms with E-state index < -0.39 is 0 Å². The molecule has 0 saturated heterocycles. The summed E-state index contributed by atoms with van der Waals surface area (Å²) in [6, 6.07) is 30.9. The van der Waals surface area contributed by atoms with Crippen molar-refractivity contribution >= 4 is 39.0 Å². The van der Waals surface area contributed by atoms with Gasteiger partial charge < -0.3 is 0 Å². The Morgan fingerprint density at radius 2 is 0.967 bits per heavy atom. The van der Waals surface area contributed by atoms with E-state index in [9.17, 15) is 0 Å². The van der Waals surface area contributed by atoms with Crippen LogP contribution in [0.25, 0.3) is 11.1 Å². The van der Waals surface area contributed by atoms with E-state index in [-0.39, 0.29) is 6.71 Å². The maximum absolute atomic E-state index is 3.62. The quantitative estimate of drug-likeness (QED) is 0.340. The Kier molecular flexibility index (Phi) is 5.97. The number of hydrogen-bond donors (Lipinski definition) is 0. The first-order chi connectivity index (χ1) is 14.5. The molecular formula is C28H26BBr. The normalized spacial score (nSPS) is 10.8. The highest BCUT2D eigenvalue weighted by molar-refractivity contribution is 9.10. The Morgan fingerprint density at radius 3 is 1.47 bits per heavy atom. The van der Waals surface area contributed by atoms with Gasteiger partial charge in [-0.15, -0.1) is 0 Å². The fraction of sp³-hybridized carbons (Fsp3) is 0.143. The van der Waals surface area contributed by atoms with Gasteiger partial charge in [-0.25, -0.2) is 0 Å². The molecule has 0 N–H and O–H groups in total. The molecule has 0 atom stereocenters. The van der Waals surface area contributed by atoms with Gasteiger partial charge >= 0.3 is 0 Å². The van der Waals surface area contributed by atoms with Gasteiger partial charge in [0.1, 0.15) is 0 Å². The topological polar surface area (TPSA) is 0 Å². The first-order valence-corrected chi connectivity index (χ1v) is 11.2. The monoisotopic (exact) mass is 452 g/mol.